The lowest BCUT2D eigenvalue weighted by Crippen LogP contribution is -2.38. The average Bonchev–Trinajstić information content (AvgIpc) is 2.38. The highest BCUT2D eigenvalue weighted by Crippen LogP contribution is 2.20. The molecule has 2 atom stereocenters. The van der Waals surface area contributed by atoms with E-state index < -0.39 is 23.9 Å². The van der Waals surface area contributed by atoms with Crippen LogP contribution in [0.1, 0.15) is 20.8 Å². The van der Waals surface area contributed by atoms with Crippen LogP contribution in [0, 0.1) is 11.7 Å². The first-order chi connectivity index (χ1) is 9.31. The molecular formula is C14H21FN2O3. The molecule has 20 heavy (non-hydrogen) atoms. The normalized spacial score (nSPS) is 13.9. The molecule has 1 rings (SSSR count). The SMILES string of the molecule is CC(C)[C@H](N)C(=O)OC[C@H](C)Oc1ccc(N)cc1F. The maximum atomic E-state index is 13.5. The molecule has 0 heterocycles. The van der Waals surface area contributed by atoms with E-state index >= 15 is 0 Å². The van der Waals surface area contributed by atoms with Crippen LogP contribution in [-0.2, 0) is 9.53 Å². The highest BCUT2D eigenvalue weighted by molar-refractivity contribution is 5.75. The Bertz CT molecular complexity index is 466. The van der Waals surface area contributed by atoms with Gasteiger partial charge < -0.3 is 20.9 Å². The van der Waals surface area contributed by atoms with Crippen molar-refractivity contribution in [3.63, 3.8) is 0 Å². The number of hydrogen-bond donors (Lipinski definition) is 2. The minimum absolute atomic E-state index is 0.00305. The molecule has 1 aromatic carbocycles. The molecule has 1 aromatic rings. The van der Waals surface area contributed by atoms with Gasteiger partial charge in [0.1, 0.15) is 18.8 Å². The van der Waals surface area contributed by atoms with Crippen LogP contribution in [0.4, 0.5) is 10.1 Å². The number of ether oxygens (including phenoxy) is 2. The molecule has 0 fully saturated rings. The monoisotopic (exact) mass is 284 g/mol. The Balaban J connectivity index is 2.48. The summed E-state index contributed by atoms with van der Waals surface area (Å²) in [6, 6.07) is 3.47. The lowest BCUT2D eigenvalue weighted by molar-refractivity contribution is -0.148. The minimum atomic E-state index is -0.671. The molecule has 0 aliphatic heterocycles. The van der Waals surface area contributed by atoms with Crippen molar-refractivity contribution in [3.8, 4) is 5.75 Å². The average molecular weight is 284 g/mol. The summed E-state index contributed by atoms with van der Waals surface area (Å²) in [5.41, 5.74) is 11.4. The van der Waals surface area contributed by atoms with E-state index in [-0.39, 0.29) is 18.3 Å². The van der Waals surface area contributed by atoms with Gasteiger partial charge in [-0.05, 0) is 25.0 Å². The van der Waals surface area contributed by atoms with Crippen molar-refractivity contribution < 1.29 is 18.7 Å². The molecule has 0 amide bonds. The third-order valence-electron chi connectivity index (χ3n) is 2.73. The number of anilines is 1. The van der Waals surface area contributed by atoms with Gasteiger partial charge in [0.05, 0.1) is 0 Å². The third kappa shape index (κ3) is 4.70. The molecule has 0 bridgehead atoms. The van der Waals surface area contributed by atoms with E-state index in [4.69, 9.17) is 20.9 Å². The second kappa shape index (κ2) is 7.09. The van der Waals surface area contributed by atoms with Gasteiger partial charge in [0, 0.05) is 11.8 Å². The van der Waals surface area contributed by atoms with Crippen LogP contribution in [-0.4, -0.2) is 24.7 Å². The van der Waals surface area contributed by atoms with Gasteiger partial charge in [0.15, 0.2) is 11.6 Å². The number of carbonyl (C=O) groups excluding carboxylic acids is 1. The summed E-state index contributed by atoms with van der Waals surface area (Å²) in [7, 11) is 0. The van der Waals surface area contributed by atoms with Crippen molar-refractivity contribution in [2.24, 2.45) is 11.7 Å². The van der Waals surface area contributed by atoms with Crippen LogP contribution in [0.15, 0.2) is 18.2 Å². The summed E-state index contributed by atoms with van der Waals surface area (Å²) in [5.74, 6) is -0.987. The van der Waals surface area contributed by atoms with Gasteiger partial charge in [-0.3, -0.25) is 4.79 Å². The van der Waals surface area contributed by atoms with E-state index in [2.05, 4.69) is 0 Å². The van der Waals surface area contributed by atoms with E-state index in [9.17, 15) is 9.18 Å². The number of hydrogen-bond acceptors (Lipinski definition) is 5. The van der Waals surface area contributed by atoms with Crippen molar-refractivity contribution in [2.75, 3.05) is 12.3 Å². The molecule has 6 heteroatoms. The van der Waals surface area contributed by atoms with Crippen molar-refractivity contribution in [2.45, 2.75) is 32.9 Å². The maximum Gasteiger partial charge on any atom is 0.323 e. The second-order valence-corrected chi connectivity index (χ2v) is 5.02. The first-order valence-electron chi connectivity index (χ1n) is 6.45. The number of nitrogen functional groups attached to an aromatic ring is 1. The number of benzene rings is 1. The smallest absolute Gasteiger partial charge is 0.323 e. The molecule has 0 spiro atoms. The number of nitrogens with two attached hydrogens (primary N) is 2. The van der Waals surface area contributed by atoms with Gasteiger partial charge in [-0.1, -0.05) is 13.8 Å². The van der Waals surface area contributed by atoms with E-state index in [1.165, 1.54) is 18.2 Å². The van der Waals surface area contributed by atoms with Crippen LogP contribution in [0.25, 0.3) is 0 Å². The quantitative estimate of drug-likeness (QED) is 0.613. The number of carbonyl (C=O) groups is 1. The van der Waals surface area contributed by atoms with Crippen molar-refractivity contribution in [3.05, 3.63) is 24.0 Å². The zero-order valence-corrected chi connectivity index (χ0v) is 11.9. The lowest BCUT2D eigenvalue weighted by atomic mass is 10.1. The Kier molecular flexibility index (Phi) is 5.76. The van der Waals surface area contributed by atoms with Crippen LogP contribution in [0.3, 0.4) is 0 Å². The topological polar surface area (TPSA) is 87.6 Å². The van der Waals surface area contributed by atoms with E-state index in [0.717, 1.165) is 0 Å². The summed E-state index contributed by atoms with van der Waals surface area (Å²) in [5, 5.41) is 0. The zero-order valence-electron chi connectivity index (χ0n) is 11.9. The molecule has 0 unspecified atom stereocenters. The lowest BCUT2D eigenvalue weighted by Gasteiger charge is -2.18. The summed E-state index contributed by atoms with van der Waals surface area (Å²) in [6.07, 6.45) is -0.489. The molecule has 0 aliphatic carbocycles. The molecule has 0 saturated heterocycles. The fourth-order valence-electron chi connectivity index (χ4n) is 1.43. The van der Waals surface area contributed by atoms with Crippen LogP contribution in [0.2, 0.25) is 0 Å². The molecule has 0 aromatic heterocycles. The minimum Gasteiger partial charge on any atom is -0.484 e. The number of esters is 1. The van der Waals surface area contributed by atoms with Gasteiger partial charge in [0.25, 0.3) is 0 Å². The van der Waals surface area contributed by atoms with Crippen molar-refractivity contribution in [1.29, 1.82) is 0 Å². The van der Waals surface area contributed by atoms with Crippen LogP contribution in [0.5, 0.6) is 5.75 Å². The Morgan fingerprint density at radius 3 is 2.55 bits per heavy atom. The van der Waals surface area contributed by atoms with E-state index in [0.29, 0.717) is 5.69 Å². The summed E-state index contributed by atoms with van der Waals surface area (Å²) in [6.45, 7) is 5.33. The highest BCUT2D eigenvalue weighted by Gasteiger charge is 2.20. The predicted molar refractivity (Wildman–Crippen MR) is 74.7 cm³/mol. The Morgan fingerprint density at radius 2 is 2.00 bits per heavy atom. The van der Waals surface area contributed by atoms with Crippen molar-refractivity contribution in [1.82, 2.24) is 0 Å². The zero-order chi connectivity index (χ0) is 15.3. The third-order valence-corrected chi connectivity index (χ3v) is 2.73. The number of halogens is 1. The van der Waals surface area contributed by atoms with Gasteiger partial charge in [-0.15, -0.1) is 0 Å². The molecule has 0 radical (unpaired) electrons. The first-order valence-corrected chi connectivity index (χ1v) is 6.45. The summed E-state index contributed by atoms with van der Waals surface area (Å²) in [4.78, 5) is 11.6. The van der Waals surface area contributed by atoms with Crippen LogP contribution < -0.4 is 16.2 Å². The summed E-state index contributed by atoms with van der Waals surface area (Å²) >= 11 is 0. The van der Waals surface area contributed by atoms with Gasteiger partial charge >= 0.3 is 5.97 Å². The maximum absolute atomic E-state index is 13.5. The summed E-state index contributed by atoms with van der Waals surface area (Å²) < 4.78 is 23.9. The number of rotatable bonds is 6. The van der Waals surface area contributed by atoms with E-state index in [1.807, 2.05) is 13.8 Å². The molecule has 5 nitrogen and oxygen atoms in total. The highest BCUT2D eigenvalue weighted by atomic mass is 19.1. The fourth-order valence-corrected chi connectivity index (χ4v) is 1.43. The Hall–Kier alpha value is -1.82. The van der Waals surface area contributed by atoms with Crippen molar-refractivity contribution >= 4 is 11.7 Å². The van der Waals surface area contributed by atoms with E-state index in [1.54, 1.807) is 6.92 Å². The molecule has 0 aliphatic rings. The first kappa shape index (κ1) is 16.2. The Morgan fingerprint density at radius 1 is 1.35 bits per heavy atom. The van der Waals surface area contributed by atoms with Gasteiger partial charge in [0.2, 0.25) is 0 Å². The van der Waals surface area contributed by atoms with Gasteiger partial charge in [-0.25, -0.2) is 4.39 Å². The largest absolute Gasteiger partial charge is 0.484 e. The Labute approximate surface area is 118 Å². The molecular weight excluding hydrogens is 263 g/mol. The fraction of sp³-hybridized carbons (Fsp3) is 0.500. The predicted octanol–water partition coefficient (Wildman–Crippen LogP) is 1.70. The molecule has 4 N–H and O–H groups in total. The molecule has 0 saturated carbocycles. The van der Waals surface area contributed by atoms with Gasteiger partial charge in [-0.2, -0.15) is 0 Å². The second-order valence-electron chi connectivity index (χ2n) is 5.02. The molecule has 112 valence electrons. The standard InChI is InChI=1S/C14H21FN2O3/c1-8(2)13(17)14(18)19-7-9(3)20-12-5-4-10(16)6-11(12)15/h4-6,8-9,13H,7,16-17H2,1-3H3/t9-,13-/m0/s1. The van der Waals surface area contributed by atoms with Crippen LogP contribution >= 0.6 is 0 Å².